The van der Waals surface area contributed by atoms with Crippen molar-refractivity contribution in [2.24, 2.45) is 0 Å². The summed E-state index contributed by atoms with van der Waals surface area (Å²) in [6.45, 7) is 1.83. The van der Waals surface area contributed by atoms with Crippen molar-refractivity contribution in [2.75, 3.05) is 0 Å². The fraction of sp³-hybridized carbons (Fsp3) is 0.318. The number of amides is 1. The number of piperidine rings is 1. The maximum absolute atomic E-state index is 13.3. The molecule has 1 saturated heterocycles. The van der Waals surface area contributed by atoms with Crippen LogP contribution in [0.3, 0.4) is 0 Å². The molecule has 148 valence electrons. The number of carbonyl (C=O) groups excluding carboxylic acids is 1. The number of nitrogens with zero attached hydrogens (tertiary/aromatic N) is 4. The van der Waals surface area contributed by atoms with E-state index in [1.54, 1.807) is 28.9 Å². The summed E-state index contributed by atoms with van der Waals surface area (Å²) in [7, 11) is 0. The first-order chi connectivity index (χ1) is 14.1. The summed E-state index contributed by atoms with van der Waals surface area (Å²) in [5, 5.41) is 0. The van der Waals surface area contributed by atoms with Crippen LogP contribution in [-0.2, 0) is 4.79 Å². The van der Waals surface area contributed by atoms with Gasteiger partial charge in [-0.1, -0.05) is 55.5 Å². The number of hydrogen-bond acceptors (Lipinski definition) is 3. The summed E-state index contributed by atoms with van der Waals surface area (Å²) < 4.78 is 4.30. The van der Waals surface area contributed by atoms with Crippen LogP contribution in [-0.4, -0.2) is 24.7 Å². The molecule has 1 fully saturated rings. The monoisotopic (exact) mass is 390 g/mol. The second-order valence-electron chi connectivity index (χ2n) is 7.56. The number of hydrogen-bond donors (Lipinski definition) is 0. The third-order valence-corrected chi connectivity index (χ3v) is 6.05. The molecule has 1 amide bonds. The van der Waals surface area contributed by atoms with E-state index in [1.165, 1.54) is 9.25 Å². The lowest BCUT2D eigenvalue weighted by Crippen LogP contribution is -2.57. The first-order valence-electron chi connectivity index (χ1n) is 10.0. The van der Waals surface area contributed by atoms with E-state index < -0.39 is 11.9 Å². The topological polar surface area (TPSA) is 69.2 Å². The quantitative estimate of drug-likeness (QED) is 0.690. The Morgan fingerprint density at radius 1 is 0.897 bits per heavy atom. The molecule has 2 aromatic carbocycles. The molecule has 3 aliphatic heterocycles. The summed E-state index contributed by atoms with van der Waals surface area (Å²) in [6, 6.07) is 18.2. The van der Waals surface area contributed by atoms with Crippen molar-refractivity contribution in [3.05, 3.63) is 87.2 Å². The van der Waals surface area contributed by atoms with Gasteiger partial charge in [-0.2, -0.15) is 0 Å². The predicted molar refractivity (Wildman–Crippen MR) is 108 cm³/mol. The van der Waals surface area contributed by atoms with Crippen LogP contribution in [0.2, 0.25) is 0 Å². The Morgan fingerprint density at radius 2 is 1.52 bits per heavy atom. The molecule has 0 saturated carbocycles. The number of fused-ring (bicyclic) bond motifs is 2. The minimum Gasteiger partial charge on any atom is -0.311 e. The standard InChI is InChI=1S/C22H22N4O3/c1-2-19(27)24-18-14-13-17(20(24)15-9-5-3-6-10-15)25-21(28)23(22(29)26(18)25)16-11-7-4-8-12-16/h3-12,17-18,20H,2,13-14H2,1H3/t17-,18-,20+/m1/s1. The van der Waals surface area contributed by atoms with Gasteiger partial charge in [-0.15, -0.1) is 0 Å². The highest BCUT2D eigenvalue weighted by molar-refractivity contribution is 5.77. The van der Waals surface area contributed by atoms with Crippen LogP contribution in [0.1, 0.15) is 50.0 Å². The molecule has 1 aromatic heterocycles. The minimum absolute atomic E-state index is 0.00777. The van der Waals surface area contributed by atoms with Gasteiger partial charge in [-0.3, -0.25) is 4.79 Å². The molecule has 4 heterocycles. The van der Waals surface area contributed by atoms with Gasteiger partial charge in [-0.25, -0.2) is 23.5 Å². The number of para-hydroxylation sites is 1. The minimum atomic E-state index is -0.456. The lowest BCUT2D eigenvalue weighted by atomic mass is 9.87. The normalized spacial score (nSPS) is 22.5. The van der Waals surface area contributed by atoms with E-state index in [0.29, 0.717) is 18.5 Å². The third kappa shape index (κ3) is 2.46. The van der Waals surface area contributed by atoms with Gasteiger partial charge in [0, 0.05) is 6.42 Å². The highest BCUT2D eigenvalue weighted by Crippen LogP contribution is 2.48. The summed E-state index contributed by atoms with van der Waals surface area (Å²) >= 11 is 0. The van der Waals surface area contributed by atoms with Gasteiger partial charge in [0.05, 0.1) is 17.8 Å². The van der Waals surface area contributed by atoms with Gasteiger partial charge in [0.2, 0.25) is 5.91 Å². The summed E-state index contributed by atoms with van der Waals surface area (Å²) in [5.41, 5.74) is 0.791. The average Bonchev–Trinajstić information content (AvgIpc) is 3.06. The van der Waals surface area contributed by atoms with Crippen molar-refractivity contribution < 1.29 is 4.79 Å². The number of carbonyl (C=O) groups is 1. The van der Waals surface area contributed by atoms with Crippen molar-refractivity contribution in [2.45, 2.75) is 44.4 Å². The van der Waals surface area contributed by atoms with Crippen molar-refractivity contribution >= 4 is 5.91 Å². The van der Waals surface area contributed by atoms with E-state index in [9.17, 15) is 14.4 Å². The van der Waals surface area contributed by atoms with Crippen LogP contribution in [0, 0.1) is 0 Å². The number of benzene rings is 2. The Morgan fingerprint density at radius 3 is 2.17 bits per heavy atom. The van der Waals surface area contributed by atoms with Gasteiger partial charge in [0.25, 0.3) is 0 Å². The Balaban J connectivity index is 1.76. The largest absolute Gasteiger partial charge is 0.353 e. The second-order valence-corrected chi connectivity index (χ2v) is 7.56. The molecule has 3 aromatic rings. The fourth-order valence-corrected chi connectivity index (χ4v) is 4.86. The number of aromatic nitrogens is 3. The van der Waals surface area contributed by atoms with Crippen molar-refractivity contribution in [3.63, 3.8) is 0 Å². The second kappa shape index (κ2) is 6.62. The van der Waals surface area contributed by atoms with Crippen LogP contribution >= 0.6 is 0 Å². The Kier molecular flexibility index (Phi) is 4.04. The highest BCUT2D eigenvalue weighted by Gasteiger charge is 2.50. The van der Waals surface area contributed by atoms with E-state index in [1.807, 2.05) is 48.2 Å². The van der Waals surface area contributed by atoms with Crippen molar-refractivity contribution in [1.82, 2.24) is 18.8 Å². The maximum Gasteiger partial charge on any atom is 0.353 e. The zero-order valence-electron chi connectivity index (χ0n) is 16.1. The first-order valence-corrected chi connectivity index (χ1v) is 10.0. The molecule has 7 nitrogen and oxygen atoms in total. The molecule has 7 heteroatoms. The molecule has 3 atom stereocenters. The van der Waals surface area contributed by atoms with Crippen LogP contribution in [0.5, 0.6) is 0 Å². The Hall–Kier alpha value is -3.35. The van der Waals surface area contributed by atoms with Gasteiger partial charge in [0.15, 0.2) is 0 Å². The maximum atomic E-state index is 13.3. The zero-order chi connectivity index (χ0) is 20.1. The molecule has 3 aliphatic rings. The third-order valence-electron chi connectivity index (χ3n) is 6.05. The summed E-state index contributed by atoms with van der Waals surface area (Å²) in [4.78, 5) is 41.4. The molecule has 0 aliphatic carbocycles. The van der Waals surface area contributed by atoms with Gasteiger partial charge < -0.3 is 4.90 Å². The highest BCUT2D eigenvalue weighted by atomic mass is 16.2. The van der Waals surface area contributed by atoms with Crippen LogP contribution < -0.4 is 11.4 Å². The summed E-state index contributed by atoms with van der Waals surface area (Å²) in [5.74, 6) is -0.00777. The average molecular weight is 390 g/mol. The molecule has 6 rings (SSSR count). The van der Waals surface area contributed by atoms with Gasteiger partial charge >= 0.3 is 11.4 Å². The van der Waals surface area contributed by atoms with Crippen LogP contribution in [0.4, 0.5) is 0 Å². The molecule has 2 bridgehead atoms. The smallest absolute Gasteiger partial charge is 0.311 e. The van der Waals surface area contributed by atoms with Crippen molar-refractivity contribution in [1.29, 1.82) is 0 Å². The van der Waals surface area contributed by atoms with E-state index in [0.717, 1.165) is 12.0 Å². The first kappa shape index (κ1) is 17.7. The molecule has 0 unspecified atom stereocenters. The Labute approximate surface area is 167 Å². The lowest BCUT2D eigenvalue weighted by Gasteiger charge is -2.51. The van der Waals surface area contributed by atoms with Gasteiger partial charge in [-0.05, 0) is 30.5 Å². The van der Waals surface area contributed by atoms with E-state index in [4.69, 9.17) is 0 Å². The van der Waals surface area contributed by atoms with E-state index >= 15 is 0 Å². The molecule has 0 spiro atoms. The Bertz CT molecular complexity index is 1180. The van der Waals surface area contributed by atoms with Crippen LogP contribution in [0.15, 0.2) is 70.3 Å². The van der Waals surface area contributed by atoms with Crippen molar-refractivity contribution in [3.8, 4) is 5.69 Å². The van der Waals surface area contributed by atoms with E-state index in [-0.39, 0.29) is 23.7 Å². The fourth-order valence-electron chi connectivity index (χ4n) is 4.86. The predicted octanol–water partition coefficient (Wildman–Crippen LogP) is 2.63. The van der Waals surface area contributed by atoms with E-state index in [2.05, 4.69) is 0 Å². The molecule has 29 heavy (non-hydrogen) atoms. The summed E-state index contributed by atoms with van der Waals surface area (Å²) in [6.07, 6.45) is 1.31. The lowest BCUT2D eigenvalue weighted by molar-refractivity contribution is -0.152. The van der Waals surface area contributed by atoms with Crippen LogP contribution in [0.25, 0.3) is 5.69 Å². The molecular weight excluding hydrogens is 368 g/mol. The molecule has 0 radical (unpaired) electrons. The SMILES string of the molecule is CCC(=O)N1[C@H]2CC[C@H]([C@@H]1c1ccccc1)n1c(=O)n(-c3ccccc3)c(=O)n12. The van der Waals surface area contributed by atoms with Gasteiger partial charge in [0.1, 0.15) is 6.17 Å². The number of rotatable bonds is 3. The zero-order valence-corrected chi connectivity index (χ0v) is 16.1. The molecular formula is C22H22N4O3. The molecule has 0 N–H and O–H groups in total.